The number of hydrogen-bond donors (Lipinski definition) is 2. The normalized spacial score (nSPS) is 16.2. The number of rotatable bonds is 5. The summed E-state index contributed by atoms with van der Waals surface area (Å²) in [4.78, 5) is 16.4. The third-order valence-corrected chi connectivity index (χ3v) is 6.04. The van der Waals surface area contributed by atoms with Crippen LogP contribution < -0.4 is 5.32 Å². The zero-order chi connectivity index (χ0) is 22.7. The van der Waals surface area contributed by atoms with Crippen molar-refractivity contribution < 1.29 is 23.1 Å². The molecule has 0 aliphatic heterocycles. The molecule has 0 saturated carbocycles. The van der Waals surface area contributed by atoms with Crippen molar-refractivity contribution in [3.05, 3.63) is 70.1 Å². The number of nitrogens with zero attached hydrogens (tertiary/aromatic N) is 3. The quantitative estimate of drug-likeness (QED) is 0.444. The third-order valence-electron chi connectivity index (χ3n) is 5.11. The Balaban J connectivity index is 1.45. The van der Waals surface area contributed by atoms with Crippen molar-refractivity contribution in [3.63, 3.8) is 0 Å². The molecule has 6 nitrogen and oxygen atoms in total. The molecule has 2 aromatic carbocycles. The summed E-state index contributed by atoms with van der Waals surface area (Å²) in [5.74, 6) is -1.09. The number of aromatic nitrogens is 1. The lowest BCUT2D eigenvalue weighted by atomic mass is 9.88. The van der Waals surface area contributed by atoms with Crippen molar-refractivity contribution in [1.29, 1.82) is 0 Å². The number of alkyl halides is 3. The van der Waals surface area contributed by atoms with Crippen LogP contribution >= 0.6 is 11.3 Å². The van der Waals surface area contributed by atoms with E-state index in [-0.39, 0.29) is 34.0 Å². The van der Waals surface area contributed by atoms with Crippen molar-refractivity contribution in [1.82, 2.24) is 4.98 Å². The monoisotopic (exact) mass is 460 g/mol. The SMILES string of the molecule is O=C(Cc1sc(N=NC2CCCc3ccccc32)nc1O)Nc1ccccc1C(F)(F)F. The Labute approximate surface area is 185 Å². The van der Waals surface area contributed by atoms with Crippen LogP contribution in [0, 0.1) is 0 Å². The molecule has 1 atom stereocenters. The Kier molecular flexibility index (Phi) is 6.22. The molecule has 3 aromatic rings. The Morgan fingerprint density at radius 2 is 1.94 bits per heavy atom. The molecule has 1 aliphatic rings. The number of amides is 1. The van der Waals surface area contributed by atoms with E-state index in [2.05, 4.69) is 26.6 Å². The number of aryl methyl sites for hydroxylation is 1. The summed E-state index contributed by atoms with van der Waals surface area (Å²) < 4.78 is 39.3. The topological polar surface area (TPSA) is 86.9 Å². The van der Waals surface area contributed by atoms with Gasteiger partial charge in [0.2, 0.25) is 16.9 Å². The minimum atomic E-state index is -4.60. The highest BCUT2D eigenvalue weighted by molar-refractivity contribution is 7.15. The molecule has 1 heterocycles. The van der Waals surface area contributed by atoms with E-state index in [9.17, 15) is 23.1 Å². The predicted octanol–water partition coefficient (Wildman–Crippen LogP) is 6.21. The van der Waals surface area contributed by atoms with Crippen LogP contribution in [-0.4, -0.2) is 16.0 Å². The van der Waals surface area contributed by atoms with E-state index < -0.39 is 17.6 Å². The highest BCUT2D eigenvalue weighted by atomic mass is 32.1. The van der Waals surface area contributed by atoms with E-state index in [4.69, 9.17) is 0 Å². The second-order valence-electron chi connectivity index (χ2n) is 7.33. The lowest BCUT2D eigenvalue weighted by molar-refractivity contribution is -0.137. The minimum Gasteiger partial charge on any atom is -0.492 e. The first-order chi connectivity index (χ1) is 15.3. The first-order valence-electron chi connectivity index (χ1n) is 9.94. The standard InChI is InChI=1S/C22H19F3N4O2S/c23-22(24,25)15-9-3-4-10-17(15)26-19(30)12-18-20(31)27-21(32-18)29-28-16-11-5-7-13-6-1-2-8-14(13)16/h1-4,6,8-10,16,31H,5,7,11-12H2,(H,26,30). The molecular formula is C22H19F3N4O2S. The molecule has 0 saturated heterocycles. The van der Waals surface area contributed by atoms with E-state index >= 15 is 0 Å². The van der Waals surface area contributed by atoms with Gasteiger partial charge in [0.05, 0.1) is 28.6 Å². The van der Waals surface area contributed by atoms with Crippen LogP contribution in [0.3, 0.4) is 0 Å². The van der Waals surface area contributed by atoms with E-state index in [1.807, 2.05) is 18.2 Å². The maximum Gasteiger partial charge on any atom is 0.418 e. The first-order valence-corrected chi connectivity index (χ1v) is 10.8. The average molecular weight is 460 g/mol. The van der Waals surface area contributed by atoms with Crippen LogP contribution in [0.15, 0.2) is 58.8 Å². The van der Waals surface area contributed by atoms with Crippen molar-refractivity contribution in [2.45, 2.75) is 37.9 Å². The van der Waals surface area contributed by atoms with Crippen molar-refractivity contribution in [2.75, 3.05) is 5.32 Å². The maximum absolute atomic E-state index is 13.1. The number of azo groups is 1. The van der Waals surface area contributed by atoms with Gasteiger partial charge in [0, 0.05) is 0 Å². The van der Waals surface area contributed by atoms with Crippen molar-refractivity contribution in [3.8, 4) is 5.88 Å². The van der Waals surface area contributed by atoms with Crippen molar-refractivity contribution in [2.24, 2.45) is 10.2 Å². The molecular weight excluding hydrogens is 441 g/mol. The van der Waals surface area contributed by atoms with Gasteiger partial charge in [-0.3, -0.25) is 4.79 Å². The molecule has 1 unspecified atom stereocenters. The van der Waals surface area contributed by atoms with Crippen LogP contribution in [0.1, 0.15) is 40.5 Å². The zero-order valence-electron chi connectivity index (χ0n) is 16.8. The van der Waals surface area contributed by atoms with Gasteiger partial charge in [-0.05, 0) is 42.5 Å². The largest absolute Gasteiger partial charge is 0.492 e. The lowest BCUT2D eigenvalue weighted by Gasteiger charge is -2.20. The summed E-state index contributed by atoms with van der Waals surface area (Å²) in [6.45, 7) is 0. The minimum absolute atomic E-state index is 0.100. The Morgan fingerprint density at radius 1 is 1.19 bits per heavy atom. The van der Waals surface area contributed by atoms with Crippen LogP contribution in [-0.2, 0) is 23.8 Å². The smallest absolute Gasteiger partial charge is 0.418 e. The number of thiazole rings is 1. The summed E-state index contributed by atoms with van der Waals surface area (Å²) in [6.07, 6.45) is -2.09. The molecule has 1 aliphatic carbocycles. The number of aromatic hydroxyl groups is 1. The van der Waals surface area contributed by atoms with Gasteiger partial charge < -0.3 is 10.4 Å². The summed E-state index contributed by atoms with van der Waals surface area (Å²) in [7, 11) is 0. The van der Waals surface area contributed by atoms with Crippen LogP contribution in [0.25, 0.3) is 0 Å². The van der Waals surface area contributed by atoms with Gasteiger partial charge in [-0.15, -0.1) is 5.11 Å². The van der Waals surface area contributed by atoms with E-state index in [1.165, 1.54) is 23.8 Å². The number of halogens is 3. The van der Waals surface area contributed by atoms with Crippen molar-refractivity contribution >= 4 is 28.1 Å². The fourth-order valence-electron chi connectivity index (χ4n) is 3.64. The molecule has 0 fully saturated rings. The number of nitrogens with one attached hydrogen (secondary N) is 1. The van der Waals surface area contributed by atoms with Crippen LogP contribution in [0.5, 0.6) is 5.88 Å². The van der Waals surface area contributed by atoms with Gasteiger partial charge in [0.15, 0.2) is 0 Å². The zero-order valence-corrected chi connectivity index (χ0v) is 17.6. The maximum atomic E-state index is 13.1. The van der Waals surface area contributed by atoms with E-state index in [0.29, 0.717) is 0 Å². The molecule has 0 bridgehead atoms. The number of para-hydroxylation sites is 1. The highest BCUT2D eigenvalue weighted by Crippen LogP contribution is 2.37. The lowest BCUT2D eigenvalue weighted by Crippen LogP contribution is -2.17. The molecule has 0 radical (unpaired) electrons. The summed E-state index contributed by atoms with van der Waals surface area (Å²) in [5, 5.41) is 21.0. The molecule has 10 heteroatoms. The molecule has 166 valence electrons. The summed E-state index contributed by atoms with van der Waals surface area (Å²) in [5.41, 5.74) is 1.07. The highest BCUT2D eigenvalue weighted by Gasteiger charge is 2.33. The Bertz CT molecular complexity index is 1160. The number of carbonyl (C=O) groups excluding carboxylic acids is 1. The second-order valence-corrected chi connectivity index (χ2v) is 8.40. The van der Waals surface area contributed by atoms with Crippen LogP contribution in [0.2, 0.25) is 0 Å². The fourth-order valence-corrected chi connectivity index (χ4v) is 4.42. The van der Waals surface area contributed by atoms with Gasteiger partial charge in [0.25, 0.3) is 0 Å². The molecule has 4 rings (SSSR count). The summed E-state index contributed by atoms with van der Waals surface area (Å²) >= 11 is 0.973. The molecule has 2 N–H and O–H groups in total. The molecule has 1 amide bonds. The third kappa shape index (κ3) is 4.96. The first kappa shape index (κ1) is 21.9. The number of anilines is 1. The number of carbonyl (C=O) groups is 1. The Hall–Kier alpha value is -3.27. The summed E-state index contributed by atoms with van der Waals surface area (Å²) in [6, 6.07) is 12.6. The van der Waals surface area contributed by atoms with Gasteiger partial charge in [0.1, 0.15) is 0 Å². The van der Waals surface area contributed by atoms with Gasteiger partial charge >= 0.3 is 6.18 Å². The van der Waals surface area contributed by atoms with Gasteiger partial charge in [-0.1, -0.05) is 47.7 Å². The van der Waals surface area contributed by atoms with Gasteiger partial charge in [-0.2, -0.15) is 23.3 Å². The van der Waals surface area contributed by atoms with Gasteiger partial charge in [-0.25, -0.2) is 0 Å². The van der Waals surface area contributed by atoms with E-state index in [0.717, 1.165) is 42.2 Å². The second kappa shape index (κ2) is 9.07. The number of hydrogen-bond acceptors (Lipinski definition) is 6. The molecule has 32 heavy (non-hydrogen) atoms. The number of fused-ring (bicyclic) bond motifs is 1. The molecule has 0 spiro atoms. The fraction of sp³-hybridized carbons (Fsp3) is 0.273. The number of benzene rings is 2. The Morgan fingerprint density at radius 3 is 2.75 bits per heavy atom. The van der Waals surface area contributed by atoms with Crippen LogP contribution in [0.4, 0.5) is 24.0 Å². The molecule has 1 aromatic heterocycles. The predicted molar refractivity (Wildman–Crippen MR) is 114 cm³/mol. The van der Waals surface area contributed by atoms with E-state index in [1.54, 1.807) is 0 Å². The average Bonchev–Trinajstić information content (AvgIpc) is 3.10.